The number of carbonyl (C=O) groups is 1. The Bertz CT molecular complexity index is 710. The second-order valence-electron chi connectivity index (χ2n) is 4.55. The standard InChI is InChI=1S/C15H10BrCl2NOS/c16-11-4-2-1-3-10(11)15-19(14(20)8-21-15)9-5-6-12(17)13(18)7-9/h1-7,15H,8H2/t15-/m1/s1. The summed E-state index contributed by atoms with van der Waals surface area (Å²) in [5.41, 5.74) is 1.83. The Balaban J connectivity index is 2.04. The van der Waals surface area contributed by atoms with E-state index in [2.05, 4.69) is 15.9 Å². The second kappa shape index (κ2) is 6.21. The van der Waals surface area contributed by atoms with Crippen LogP contribution in [0.2, 0.25) is 10.0 Å². The molecule has 1 aliphatic heterocycles. The molecular weight excluding hydrogens is 393 g/mol. The topological polar surface area (TPSA) is 20.3 Å². The van der Waals surface area contributed by atoms with Gasteiger partial charge in [0.15, 0.2) is 0 Å². The Morgan fingerprint density at radius 2 is 1.90 bits per heavy atom. The van der Waals surface area contributed by atoms with E-state index in [-0.39, 0.29) is 11.3 Å². The molecule has 0 bridgehead atoms. The highest BCUT2D eigenvalue weighted by atomic mass is 79.9. The molecule has 1 aliphatic rings. The molecule has 2 aromatic carbocycles. The molecule has 0 aromatic heterocycles. The van der Waals surface area contributed by atoms with E-state index in [4.69, 9.17) is 23.2 Å². The van der Waals surface area contributed by atoms with E-state index in [1.165, 1.54) is 0 Å². The van der Waals surface area contributed by atoms with Gasteiger partial charge in [-0.05, 0) is 29.8 Å². The summed E-state index contributed by atoms with van der Waals surface area (Å²) in [4.78, 5) is 14.1. The van der Waals surface area contributed by atoms with Gasteiger partial charge in [0.05, 0.1) is 15.8 Å². The first-order chi connectivity index (χ1) is 10.1. The molecule has 21 heavy (non-hydrogen) atoms. The van der Waals surface area contributed by atoms with Crippen molar-refractivity contribution < 1.29 is 4.79 Å². The Morgan fingerprint density at radius 3 is 2.62 bits per heavy atom. The summed E-state index contributed by atoms with van der Waals surface area (Å²) in [7, 11) is 0. The number of hydrogen-bond donors (Lipinski definition) is 0. The van der Waals surface area contributed by atoms with E-state index < -0.39 is 0 Å². The van der Waals surface area contributed by atoms with E-state index >= 15 is 0 Å². The molecule has 1 heterocycles. The van der Waals surface area contributed by atoms with Crippen LogP contribution in [-0.4, -0.2) is 11.7 Å². The normalized spacial score (nSPS) is 18.3. The van der Waals surface area contributed by atoms with Crippen LogP contribution in [0.3, 0.4) is 0 Å². The summed E-state index contributed by atoms with van der Waals surface area (Å²) < 4.78 is 0.988. The second-order valence-corrected chi connectivity index (χ2v) is 7.28. The molecule has 0 unspecified atom stereocenters. The SMILES string of the molecule is O=C1CS[C@H](c2ccccc2Br)N1c1ccc(Cl)c(Cl)c1. The number of anilines is 1. The number of halogens is 3. The molecule has 0 spiro atoms. The summed E-state index contributed by atoms with van der Waals surface area (Å²) in [6.45, 7) is 0. The number of nitrogens with zero attached hydrogens (tertiary/aromatic N) is 1. The highest BCUT2D eigenvalue weighted by Crippen LogP contribution is 2.44. The lowest BCUT2D eigenvalue weighted by Crippen LogP contribution is -2.27. The molecule has 0 saturated carbocycles. The van der Waals surface area contributed by atoms with Gasteiger partial charge in [0.2, 0.25) is 5.91 Å². The van der Waals surface area contributed by atoms with Crippen LogP contribution >= 0.6 is 50.9 Å². The number of hydrogen-bond acceptors (Lipinski definition) is 2. The van der Waals surface area contributed by atoms with Crippen LogP contribution in [0.15, 0.2) is 46.9 Å². The molecule has 0 radical (unpaired) electrons. The third kappa shape index (κ3) is 2.95. The maximum absolute atomic E-state index is 12.3. The van der Waals surface area contributed by atoms with Gasteiger partial charge in [-0.1, -0.05) is 57.3 Å². The van der Waals surface area contributed by atoms with Crippen LogP contribution < -0.4 is 4.90 Å². The maximum atomic E-state index is 12.3. The molecule has 2 nitrogen and oxygen atoms in total. The number of thioether (sulfide) groups is 1. The van der Waals surface area contributed by atoms with Crippen molar-refractivity contribution >= 4 is 62.5 Å². The van der Waals surface area contributed by atoms with Crippen LogP contribution in [0.5, 0.6) is 0 Å². The fourth-order valence-corrected chi connectivity index (χ4v) is 4.40. The number of carbonyl (C=O) groups excluding carboxylic acids is 1. The van der Waals surface area contributed by atoms with Crippen molar-refractivity contribution in [3.8, 4) is 0 Å². The van der Waals surface area contributed by atoms with Crippen LogP contribution in [0, 0.1) is 0 Å². The fourth-order valence-electron chi connectivity index (χ4n) is 2.24. The minimum atomic E-state index is -0.0645. The summed E-state index contributed by atoms with van der Waals surface area (Å²) >= 11 is 17.2. The predicted octanol–water partition coefficient (Wildman–Crippen LogP) is 5.53. The Labute approximate surface area is 145 Å². The van der Waals surface area contributed by atoms with Crippen molar-refractivity contribution in [3.63, 3.8) is 0 Å². The minimum absolute atomic E-state index is 0.0645. The van der Waals surface area contributed by atoms with Gasteiger partial charge >= 0.3 is 0 Å². The van der Waals surface area contributed by atoms with Crippen molar-refractivity contribution in [1.29, 1.82) is 0 Å². The number of rotatable bonds is 2. The Kier molecular flexibility index (Phi) is 4.50. The van der Waals surface area contributed by atoms with E-state index in [1.807, 2.05) is 30.3 Å². The van der Waals surface area contributed by atoms with Crippen molar-refractivity contribution in [2.45, 2.75) is 5.37 Å². The highest BCUT2D eigenvalue weighted by molar-refractivity contribution is 9.10. The first-order valence-electron chi connectivity index (χ1n) is 6.21. The lowest BCUT2D eigenvalue weighted by atomic mass is 10.2. The van der Waals surface area contributed by atoms with Crippen LogP contribution in [0.1, 0.15) is 10.9 Å². The predicted molar refractivity (Wildman–Crippen MR) is 93.3 cm³/mol. The smallest absolute Gasteiger partial charge is 0.238 e. The molecule has 1 amide bonds. The Morgan fingerprint density at radius 1 is 1.14 bits per heavy atom. The molecule has 108 valence electrons. The summed E-state index contributed by atoms with van der Waals surface area (Å²) in [5.74, 6) is 0.519. The maximum Gasteiger partial charge on any atom is 0.238 e. The van der Waals surface area contributed by atoms with Gasteiger partial charge in [-0.2, -0.15) is 0 Å². The van der Waals surface area contributed by atoms with Crippen molar-refractivity contribution in [2.75, 3.05) is 10.7 Å². The average molecular weight is 403 g/mol. The third-order valence-corrected chi connectivity index (χ3v) is 5.88. The average Bonchev–Trinajstić information content (AvgIpc) is 2.84. The zero-order valence-electron chi connectivity index (χ0n) is 10.7. The van der Waals surface area contributed by atoms with Crippen LogP contribution in [-0.2, 0) is 4.79 Å². The van der Waals surface area contributed by atoms with Gasteiger partial charge in [0, 0.05) is 10.2 Å². The first kappa shape index (κ1) is 15.2. The summed E-state index contributed by atoms with van der Waals surface area (Å²) in [6.07, 6.45) is 0. The molecule has 2 aromatic rings. The largest absolute Gasteiger partial charge is 0.295 e. The lowest BCUT2D eigenvalue weighted by molar-refractivity contribution is -0.115. The molecule has 6 heteroatoms. The monoisotopic (exact) mass is 401 g/mol. The third-order valence-electron chi connectivity index (χ3n) is 3.22. The first-order valence-corrected chi connectivity index (χ1v) is 8.81. The van der Waals surface area contributed by atoms with Crippen LogP contribution in [0.25, 0.3) is 0 Å². The highest BCUT2D eigenvalue weighted by Gasteiger charge is 2.35. The minimum Gasteiger partial charge on any atom is -0.295 e. The lowest BCUT2D eigenvalue weighted by Gasteiger charge is -2.25. The molecule has 1 fully saturated rings. The molecule has 0 N–H and O–H groups in total. The van der Waals surface area contributed by atoms with Crippen molar-refractivity contribution in [1.82, 2.24) is 0 Å². The summed E-state index contributed by atoms with van der Waals surface area (Å²) in [5, 5.41) is 0.868. The van der Waals surface area contributed by atoms with Gasteiger partial charge in [-0.25, -0.2) is 0 Å². The van der Waals surface area contributed by atoms with E-state index in [9.17, 15) is 4.79 Å². The van der Waals surface area contributed by atoms with Gasteiger partial charge in [0.25, 0.3) is 0 Å². The van der Waals surface area contributed by atoms with Crippen LogP contribution in [0.4, 0.5) is 5.69 Å². The fraction of sp³-hybridized carbons (Fsp3) is 0.133. The number of amides is 1. The van der Waals surface area contributed by atoms with Gasteiger partial charge < -0.3 is 0 Å². The van der Waals surface area contributed by atoms with Gasteiger partial charge in [0.1, 0.15) is 5.37 Å². The zero-order valence-corrected chi connectivity index (χ0v) is 14.6. The van der Waals surface area contributed by atoms with E-state index in [0.717, 1.165) is 15.7 Å². The van der Waals surface area contributed by atoms with Crippen molar-refractivity contribution in [2.24, 2.45) is 0 Å². The molecule has 0 aliphatic carbocycles. The zero-order chi connectivity index (χ0) is 15.0. The van der Waals surface area contributed by atoms with Gasteiger partial charge in [-0.15, -0.1) is 11.8 Å². The summed E-state index contributed by atoms with van der Waals surface area (Å²) in [6, 6.07) is 13.2. The Hall–Kier alpha value is -0.680. The van der Waals surface area contributed by atoms with Gasteiger partial charge in [-0.3, -0.25) is 9.69 Å². The van der Waals surface area contributed by atoms with E-state index in [1.54, 1.807) is 28.8 Å². The number of benzene rings is 2. The molecule has 1 atom stereocenters. The molecular formula is C15H10BrCl2NOS. The molecule has 1 saturated heterocycles. The molecule has 3 rings (SSSR count). The van der Waals surface area contributed by atoms with Crippen molar-refractivity contribution in [3.05, 3.63) is 62.5 Å². The van der Waals surface area contributed by atoms with E-state index in [0.29, 0.717) is 15.8 Å². The quantitative estimate of drug-likeness (QED) is 0.657.